The molecular formula is C17H24N2O4. The number of methoxy groups -OCH3 is 2. The van der Waals surface area contributed by atoms with E-state index in [4.69, 9.17) is 14.2 Å². The highest BCUT2D eigenvalue weighted by atomic mass is 16.5. The van der Waals surface area contributed by atoms with E-state index in [2.05, 4.69) is 5.32 Å². The number of amides is 1. The molecule has 2 bridgehead atoms. The molecule has 1 aromatic rings. The van der Waals surface area contributed by atoms with E-state index in [1.807, 2.05) is 17.0 Å². The second-order valence-electron chi connectivity index (χ2n) is 6.00. The maximum atomic E-state index is 12.3. The van der Waals surface area contributed by atoms with Gasteiger partial charge in [-0.1, -0.05) is 0 Å². The smallest absolute Gasteiger partial charge is 0.239 e. The van der Waals surface area contributed by atoms with Gasteiger partial charge in [0.2, 0.25) is 5.91 Å². The van der Waals surface area contributed by atoms with E-state index < -0.39 is 0 Å². The lowest BCUT2D eigenvalue weighted by molar-refractivity contribution is -0.138. The minimum atomic E-state index is 0.00332. The average Bonchev–Trinajstić information content (AvgIpc) is 2.59. The molecule has 6 heteroatoms. The van der Waals surface area contributed by atoms with E-state index in [9.17, 15) is 4.79 Å². The number of likely N-dealkylation sites (tertiary alicyclic amines) is 1. The summed E-state index contributed by atoms with van der Waals surface area (Å²) in [7, 11) is 3.20. The molecule has 0 saturated carbocycles. The van der Waals surface area contributed by atoms with Gasteiger partial charge < -0.3 is 24.4 Å². The molecule has 23 heavy (non-hydrogen) atoms. The first-order valence-electron chi connectivity index (χ1n) is 8.11. The summed E-state index contributed by atoms with van der Waals surface area (Å²) in [6.45, 7) is 1.87. The van der Waals surface area contributed by atoms with Crippen LogP contribution in [-0.4, -0.2) is 56.8 Å². The maximum Gasteiger partial charge on any atom is 0.239 e. The largest absolute Gasteiger partial charge is 0.493 e. The van der Waals surface area contributed by atoms with Gasteiger partial charge in [-0.15, -0.1) is 0 Å². The molecule has 2 fully saturated rings. The Labute approximate surface area is 136 Å². The van der Waals surface area contributed by atoms with Crippen molar-refractivity contribution in [2.24, 2.45) is 0 Å². The van der Waals surface area contributed by atoms with E-state index in [-0.39, 0.29) is 11.9 Å². The van der Waals surface area contributed by atoms with Gasteiger partial charge in [-0.2, -0.15) is 0 Å². The third-order valence-corrected chi connectivity index (χ3v) is 4.52. The third kappa shape index (κ3) is 3.52. The number of hydrogen-bond donors (Lipinski definition) is 1. The highest BCUT2D eigenvalue weighted by Gasteiger charge is 2.35. The summed E-state index contributed by atoms with van der Waals surface area (Å²) in [6.07, 6.45) is 3.24. The Bertz CT molecular complexity index is 564. The molecule has 2 heterocycles. The number of carbonyl (C=O) groups is 1. The molecule has 0 aliphatic carbocycles. The van der Waals surface area contributed by atoms with Crippen LogP contribution in [0.3, 0.4) is 0 Å². The van der Waals surface area contributed by atoms with Gasteiger partial charge in [-0.25, -0.2) is 0 Å². The molecule has 2 aliphatic rings. The number of rotatable bonds is 6. The van der Waals surface area contributed by atoms with E-state index >= 15 is 0 Å². The number of hydrogen-bond acceptors (Lipinski definition) is 5. The monoisotopic (exact) mass is 320 g/mol. The lowest BCUT2D eigenvalue weighted by Gasteiger charge is -2.41. The Kier molecular flexibility index (Phi) is 4.91. The number of nitrogens with zero attached hydrogens (tertiary/aromatic N) is 1. The predicted octanol–water partition coefficient (Wildman–Crippen LogP) is 1.44. The molecule has 126 valence electrons. The summed E-state index contributed by atoms with van der Waals surface area (Å²) < 4.78 is 16.2. The molecule has 2 unspecified atom stereocenters. The molecular weight excluding hydrogens is 296 g/mol. The Balaban J connectivity index is 1.54. The van der Waals surface area contributed by atoms with E-state index in [1.165, 1.54) is 0 Å². The summed E-state index contributed by atoms with van der Waals surface area (Å²) in [4.78, 5) is 14.3. The molecule has 2 saturated heterocycles. The lowest BCUT2D eigenvalue weighted by atomic mass is 9.93. The van der Waals surface area contributed by atoms with Gasteiger partial charge in [0.25, 0.3) is 0 Å². The van der Waals surface area contributed by atoms with Crippen LogP contribution in [0, 0.1) is 0 Å². The number of fused-ring (bicyclic) bond motifs is 2. The summed E-state index contributed by atoms with van der Waals surface area (Å²) in [5, 5.41) is 3.41. The fraction of sp³-hybridized carbons (Fsp3) is 0.588. The number of ether oxygens (including phenoxy) is 3. The van der Waals surface area contributed by atoms with Gasteiger partial charge in [-0.05, 0) is 31.4 Å². The van der Waals surface area contributed by atoms with Crippen LogP contribution in [0.15, 0.2) is 18.2 Å². The quantitative estimate of drug-likeness (QED) is 0.859. The number of carbonyl (C=O) groups excluding carboxylic acids is 1. The normalized spacial score (nSPS) is 23.6. The Morgan fingerprint density at radius 2 is 2.04 bits per heavy atom. The van der Waals surface area contributed by atoms with Crippen molar-refractivity contribution < 1.29 is 19.0 Å². The van der Waals surface area contributed by atoms with Crippen LogP contribution >= 0.6 is 0 Å². The highest BCUT2D eigenvalue weighted by Crippen LogP contribution is 2.30. The zero-order chi connectivity index (χ0) is 16.2. The average molecular weight is 320 g/mol. The maximum absolute atomic E-state index is 12.3. The predicted molar refractivity (Wildman–Crippen MR) is 86.2 cm³/mol. The Hall–Kier alpha value is -1.95. The number of piperidine rings is 1. The molecule has 0 spiro atoms. The van der Waals surface area contributed by atoms with Crippen LogP contribution in [0.1, 0.15) is 19.3 Å². The molecule has 2 atom stereocenters. The van der Waals surface area contributed by atoms with Gasteiger partial charge in [0, 0.05) is 18.7 Å². The molecule has 0 aromatic heterocycles. The minimum absolute atomic E-state index is 0.00332. The minimum Gasteiger partial charge on any atom is -0.493 e. The zero-order valence-corrected chi connectivity index (χ0v) is 13.7. The molecule has 6 nitrogen and oxygen atoms in total. The number of benzene rings is 1. The first-order chi connectivity index (χ1) is 11.2. The molecule has 1 amide bonds. The summed E-state index contributed by atoms with van der Waals surface area (Å²) >= 11 is 0. The molecule has 0 radical (unpaired) electrons. The SMILES string of the molecule is COc1ccc(OCCN2CC3CCCC(N3)C2=O)cc1OC. The molecule has 1 N–H and O–H groups in total. The topological polar surface area (TPSA) is 60.0 Å². The summed E-state index contributed by atoms with van der Waals surface area (Å²) in [6, 6.07) is 5.90. The zero-order valence-electron chi connectivity index (χ0n) is 13.7. The summed E-state index contributed by atoms with van der Waals surface area (Å²) in [5.74, 6) is 2.23. The van der Waals surface area contributed by atoms with Crippen molar-refractivity contribution in [1.29, 1.82) is 0 Å². The van der Waals surface area contributed by atoms with Crippen LogP contribution in [0.25, 0.3) is 0 Å². The highest BCUT2D eigenvalue weighted by molar-refractivity contribution is 5.83. The van der Waals surface area contributed by atoms with Crippen molar-refractivity contribution >= 4 is 5.91 Å². The number of nitrogens with one attached hydrogen (secondary N) is 1. The lowest BCUT2D eigenvalue weighted by Crippen LogP contribution is -2.62. The van der Waals surface area contributed by atoms with E-state index in [0.717, 1.165) is 25.8 Å². The first kappa shape index (κ1) is 15.9. The fourth-order valence-corrected chi connectivity index (χ4v) is 3.32. The number of piperazine rings is 1. The molecule has 1 aromatic carbocycles. The van der Waals surface area contributed by atoms with Crippen molar-refractivity contribution in [2.45, 2.75) is 31.3 Å². The van der Waals surface area contributed by atoms with E-state index in [0.29, 0.717) is 36.4 Å². The molecule has 2 aliphatic heterocycles. The van der Waals surface area contributed by atoms with Crippen LogP contribution in [0.2, 0.25) is 0 Å². The molecule has 3 rings (SSSR count). The van der Waals surface area contributed by atoms with Crippen molar-refractivity contribution in [3.8, 4) is 17.2 Å². The van der Waals surface area contributed by atoms with Crippen LogP contribution < -0.4 is 19.5 Å². The third-order valence-electron chi connectivity index (χ3n) is 4.52. The summed E-state index contributed by atoms with van der Waals surface area (Å²) in [5.41, 5.74) is 0. The van der Waals surface area contributed by atoms with Gasteiger partial charge in [0.05, 0.1) is 26.8 Å². The van der Waals surface area contributed by atoms with Gasteiger partial charge in [0.1, 0.15) is 12.4 Å². The fourth-order valence-electron chi connectivity index (χ4n) is 3.32. The first-order valence-corrected chi connectivity index (χ1v) is 8.11. The Morgan fingerprint density at radius 3 is 2.83 bits per heavy atom. The van der Waals surface area contributed by atoms with Crippen LogP contribution in [0.4, 0.5) is 0 Å². The second kappa shape index (κ2) is 7.08. The van der Waals surface area contributed by atoms with Crippen LogP contribution in [0.5, 0.6) is 17.2 Å². The van der Waals surface area contributed by atoms with Gasteiger partial charge >= 0.3 is 0 Å². The van der Waals surface area contributed by atoms with Crippen molar-refractivity contribution in [1.82, 2.24) is 10.2 Å². The van der Waals surface area contributed by atoms with Crippen LogP contribution in [-0.2, 0) is 4.79 Å². The van der Waals surface area contributed by atoms with Crippen molar-refractivity contribution in [3.63, 3.8) is 0 Å². The Morgan fingerprint density at radius 1 is 1.22 bits per heavy atom. The van der Waals surface area contributed by atoms with Crippen molar-refractivity contribution in [3.05, 3.63) is 18.2 Å². The van der Waals surface area contributed by atoms with Crippen molar-refractivity contribution in [2.75, 3.05) is 33.9 Å². The van der Waals surface area contributed by atoms with E-state index in [1.54, 1.807) is 20.3 Å². The van der Waals surface area contributed by atoms with Gasteiger partial charge in [0.15, 0.2) is 11.5 Å². The second-order valence-corrected chi connectivity index (χ2v) is 6.00. The van der Waals surface area contributed by atoms with Gasteiger partial charge in [-0.3, -0.25) is 4.79 Å². The standard InChI is InChI=1S/C17H24N2O4/c1-21-15-7-6-13(10-16(15)22-2)23-9-8-19-11-12-4-3-5-14(18-12)17(19)20/h6-7,10,12,14,18H,3-5,8-9,11H2,1-2H3.